The molecule has 2 aromatic rings. The Morgan fingerprint density at radius 2 is 2.19 bits per heavy atom. The summed E-state index contributed by atoms with van der Waals surface area (Å²) in [6, 6.07) is 5.49. The van der Waals surface area contributed by atoms with Crippen LogP contribution in [0.4, 0.5) is 11.4 Å². The average Bonchev–Trinajstić information content (AvgIpc) is 2.63. The van der Waals surface area contributed by atoms with Gasteiger partial charge in [-0.1, -0.05) is 11.6 Å². The summed E-state index contributed by atoms with van der Waals surface area (Å²) in [5.41, 5.74) is 10.1. The van der Waals surface area contributed by atoms with E-state index in [2.05, 4.69) is 23.0 Å². The van der Waals surface area contributed by atoms with Crippen molar-refractivity contribution in [3.05, 3.63) is 45.1 Å². The van der Waals surface area contributed by atoms with Crippen LogP contribution in [0.15, 0.2) is 29.0 Å². The van der Waals surface area contributed by atoms with Gasteiger partial charge in [-0.05, 0) is 47.0 Å². The summed E-state index contributed by atoms with van der Waals surface area (Å²) < 4.78 is 0. The normalized spacial score (nSPS) is 10.4. The van der Waals surface area contributed by atoms with Crippen LogP contribution < -0.4 is 11.1 Å². The van der Waals surface area contributed by atoms with E-state index in [1.54, 1.807) is 17.4 Å². The van der Waals surface area contributed by atoms with E-state index in [0.717, 1.165) is 12.2 Å². The van der Waals surface area contributed by atoms with Crippen molar-refractivity contribution in [3.63, 3.8) is 0 Å². The van der Waals surface area contributed by atoms with Crippen molar-refractivity contribution in [3.8, 4) is 0 Å². The predicted molar refractivity (Wildman–Crippen MR) is 72.2 cm³/mol. The van der Waals surface area contributed by atoms with E-state index in [1.807, 2.05) is 12.1 Å². The molecule has 1 aromatic heterocycles. The first-order valence-electron chi connectivity index (χ1n) is 4.97. The van der Waals surface area contributed by atoms with Crippen molar-refractivity contribution in [2.24, 2.45) is 0 Å². The third-order valence-electron chi connectivity index (χ3n) is 2.44. The molecule has 2 nitrogen and oxygen atoms in total. The zero-order valence-corrected chi connectivity index (χ0v) is 10.5. The molecule has 84 valence electrons. The summed E-state index contributed by atoms with van der Waals surface area (Å²) in [4.78, 5) is 0. The molecule has 0 fully saturated rings. The maximum atomic E-state index is 5.85. The molecule has 4 heteroatoms. The summed E-state index contributed by atoms with van der Waals surface area (Å²) in [6.07, 6.45) is 0. The van der Waals surface area contributed by atoms with Gasteiger partial charge in [-0.2, -0.15) is 11.3 Å². The molecule has 2 rings (SSSR count). The fraction of sp³-hybridized carbons (Fsp3) is 0.167. The Balaban J connectivity index is 2.08. The van der Waals surface area contributed by atoms with E-state index in [9.17, 15) is 0 Å². The van der Waals surface area contributed by atoms with Crippen molar-refractivity contribution >= 4 is 34.3 Å². The molecular formula is C12H13ClN2S. The van der Waals surface area contributed by atoms with Gasteiger partial charge in [0, 0.05) is 11.6 Å². The molecule has 0 aliphatic heterocycles. The second kappa shape index (κ2) is 4.76. The first-order valence-corrected chi connectivity index (χ1v) is 6.29. The van der Waals surface area contributed by atoms with Gasteiger partial charge in [0.25, 0.3) is 0 Å². The van der Waals surface area contributed by atoms with Crippen LogP contribution in [0.1, 0.15) is 11.1 Å². The van der Waals surface area contributed by atoms with Crippen LogP contribution in [0.3, 0.4) is 0 Å². The number of rotatable bonds is 3. The zero-order valence-electron chi connectivity index (χ0n) is 8.96. The Morgan fingerprint density at radius 3 is 2.81 bits per heavy atom. The highest BCUT2D eigenvalue weighted by Gasteiger charge is 2.02. The van der Waals surface area contributed by atoms with Gasteiger partial charge in [-0.3, -0.25) is 0 Å². The zero-order chi connectivity index (χ0) is 11.5. The summed E-state index contributed by atoms with van der Waals surface area (Å²) in [7, 11) is 0. The van der Waals surface area contributed by atoms with Crippen LogP contribution in [0, 0.1) is 6.92 Å². The molecule has 3 N–H and O–H groups in total. The first-order chi connectivity index (χ1) is 7.66. The van der Waals surface area contributed by atoms with E-state index >= 15 is 0 Å². The van der Waals surface area contributed by atoms with Crippen molar-refractivity contribution < 1.29 is 0 Å². The second-order valence-electron chi connectivity index (χ2n) is 3.67. The summed E-state index contributed by atoms with van der Waals surface area (Å²) >= 11 is 7.55. The number of benzene rings is 1. The lowest BCUT2D eigenvalue weighted by Crippen LogP contribution is -2.02. The fourth-order valence-corrected chi connectivity index (χ4v) is 2.49. The molecule has 0 spiro atoms. The molecular weight excluding hydrogens is 240 g/mol. The van der Waals surface area contributed by atoms with E-state index in [4.69, 9.17) is 17.3 Å². The lowest BCUT2D eigenvalue weighted by atomic mass is 10.2. The lowest BCUT2D eigenvalue weighted by Gasteiger charge is -2.09. The molecule has 0 radical (unpaired) electrons. The van der Waals surface area contributed by atoms with Gasteiger partial charge in [0.05, 0.1) is 11.4 Å². The molecule has 0 saturated heterocycles. The molecule has 0 bridgehead atoms. The minimum Gasteiger partial charge on any atom is -0.397 e. The highest BCUT2D eigenvalue weighted by molar-refractivity contribution is 7.08. The molecule has 1 aromatic carbocycles. The van der Waals surface area contributed by atoms with Crippen LogP contribution >= 0.6 is 22.9 Å². The van der Waals surface area contributed by atoms with E-state index in [0.29, 0.717) is 10.7 Å². The molecule has 0 aliphatic carbocycles. The minimum atomic E-state index is 0.662. The second-order valence-corrected chi connectivity index (χ2v) is 4.85. The van der Waals surface area contributed by atoms with Gasteiger partial charge in [0.1, 0.15) is 0 Å². The van der Waals surface area contributed by atoms with Gasteiger partial charge in [0.15, 0.2) is 0 Å². The number of hydrogen-bond acceptors (Lipinski definition) is 3. The third-order valence-corrected chi connectivity index (χ3v) is 3.59. The van der Waals surface area contributed by atoms with Crippen molar-refractivity contribution in [2.45, 2.75) is 13.5 Å². The molecule has 0 atom stereocenters. The van der Waals surface area contributed by atoms with Crippen LogP contribution in [-0.2, 0) is 6.54 Å². The van der Waals surface area contributed by atoms with Gasteiger partial charge >= 0.3 is 0 Å². The molecule has 1 heterocycles. The Hall–Kier alpha value is -1.19. The predicted octanol–water partition coefficient (Wildman–Crippen LogP) is 3.90. The number of nitrogens with one attached hydrogen (secondary N) is 1. The first kappa shape index (κ1) is 11.3. The third kappa shape index (κ3) is 2.49. The molecule has 16 heavy (non-hydrogen) atoms. The van der Waals surface area contributed by atoms with Crippen LogP contribution in [0.25, 0.3) is 0 Å². The maximum Gasteiger partial charge on any atom is 0.0577 e. The largest absolute Gasteiger partial charge is 0.397 e. The quantitative estimate of drug-likeness (QED) is 0.813. The molecule has 0 amide bonds. The average molecular weight is 253 g/mol. The standard InChI is InChI=1S/C12H13ClN2S/c1-8-6-16-7-9(8)5-15-12-3-2-10(13)4-11(12)14/h2-4,6-7,15H,5,14H2,1H3. The van der Waals surface area contributed by atoms with Crippen molar-refractivity contribution in [2.75, 3.05) is 11.1 Å². The Morgan fingerprint density at radius 1 is 1.38 bits per heavy atom. The van der Waals surface area contributed by atoms with Crippen LogP contribution in [0.2, 0.25) is 5.02 Å². The highest BCUT2D eigenvalue weighted by atomic mass is 35.5. The number of thiophene rings is 1. The van der Waals surface area contributed by atoms with Gasteiger partial charge < -0.3 is 11.1 Å². The smallest absolute Gasteiger partial charge is 0.0577 e. The van der Waals surface area contributed by atoms with Crippen LogP contribution in [0.5, 0.6) is 0 Å². The van der Waals surface area contributed by atoms with Gasteiger partial charge in [-0.25, -0.2) is 0 Å². The minimum absolute atomic E-state index is 0.662. The Labute approximate surface area is 104 Å². The number of nitrogen functional groups attached to an aromatic ring is 1. The number of anilines is 2. The van der Waals surface area contributed by atoms with Crippen molar-refractivity contribution in [1.29, 1.82) is 0 Å². The van der Waals surface area contributed by atoms with Gasteiger partial charge in [0.2, 0.25) is 0 Å². The Bertz CT molecular complexity index is 494. The van der Waals surface area contributed by atoms with Crippen molar-refractivity contribution in [1.82, 2.24) is 0 Å². The molecule has 0 aliphatic rings. The van der Waals surface area contributed by atoms with Gasteiger partial charge in [-0.15, -0.1) is 0 Å². The Kier molecular flexibility index (Phi) is 3.36. The SMILES string of the molecule is Cc1cscc1CNc1ccc(Cl)cc1N. The topological polar surface area (TPSA) is 38.0 Å². The fourth-order valence-electron chi connectivity index (χ4n) is 1.45. The highest BCUT2D eigenvalue weighted by Crippen LogP contribution is 2.24. The number of aryl methyl sites for hydroxylation is 1. The molecule has 0 unspecified atom stereocenters. The number of nitrogens with two attached hydrogens (primary N) is 1. The van der Waals surface area contributed by atoms with E-state index in [1.165, 1.54) is 11.1 Å². The van der Waals surface area contributed by atoms with E-state index < -0.39 is 0 Å². The maximum absolute atomic E-state index is 5.85. The van der Waals surface area contributed by atoms with E-state index in [-0.39, 0.29) is 0 Å². The number of halogens is 1. The molecule has 0 saturated carbocycles. The summed E-state index contributed by atoms with van der Waals surface area (Å²) in [6.45, 7) is 2.90. The lowest BCUT2D eigenvalue weighted by molar-refractivity contribution is 1.14. The summed E-state index contributed by atoms with van der Waals surface area (Å²) in [5.74, 6) is 0. The number of hydrogen-bond donors (Lipinski definition) is 2. The van der Waals surface area contributed by atoms with Crippen LogP contribution in [-0.4, -0.2) is 0 Å². The summed E-state index contributed by atoms with van der Waals surface area (Å²) in [5, 5.41) is 8.26. The monoisotopic (exact) mass is 252 g/mol.